The Kier molecular flexibility index (Phi) is 3.75. The summed E-state index contributed by atoms with van der Waals surface area (Å²) in [6.45, 7) is 5.94. The second-order valence-electron chi connectivity index (χ2n) is 5.44. The number of hydrogen-bond acceptors (Lipinski definition) is 3. The van der Waals surface area contributed by atoms with Crippen molar-refractivity contribution < 1.29 is 5.11 Å². The lowest BCUT2D eigenvalue weighted by atomic mass is 9.76. The number of rotatable bonds is 1. The zero-order valence-electron chi connectivity index (χ0n) is 11.3. The number of aliphatic hydroxyl groups is 1. The largest absolute Gasteiger partial charge is 0.372 e. The van der Waals surface area contributed by atoms with Gasteiger partial charge in [-0.05, 0) is 12.1 Å². The Labute approximate surface area is 118 Å². The molecule has 0 aliphatic carbocycles. The average molecular weight is 271 g/mol. The SMILES string of the molecule is CC(C)(C)C(O)(C#Cc1ccccc1)c1cncs1. The fraction of sp³-hybridized carbons (Fsp3) is 0.312. The molecule has 1 atom stereocenters. The van der Waals surface area contributed by atoms with Gasteiger partial charge in [0.25, 0.3) is 0 Å². The van der Waals surface area contributed by atoms with Gasteiger partial charge in [0.15, 0.2) is 5.60 Å². The van der Waals surface area contributed by atoms with Gasteiger partial charge in [0.05, 0.1) is 10.4 Å². The fourth-order valence-electron chi connectivity index (χ4n) is 1.70. The normalized spacial score (nSPS) is 14.3. The first-order chi connectivity index (χ1) is 8.93. The van der Waals surface area contributed by atoms with Crippen LogP contribution in [0.15, 0.2) is 42.0 Å². The van der Waals surface area contributed by atoms with Gasteiger partial charge in [0, 0.05) is 17.2 Å². The molecule has 1 aromatic heterocycles. The van der Waals surface area contributed by atoms with Crippen LogP contribution in [0.1, 0.15) is 31.2 Å². The van der Waals surface area contributed by atoms with Gasteiger partial charge in [-0.2, -0.15) is 0 Å². The highest BCUT2D eigenvalue weighted by Crippen LogP contribution is 2.40. The van der Waals surface area contributed by atoms with E-state index in [4.69, 9.17) is 0 Å². The quantitative estimate of drug-likeness (QED) is 0.806. The fourth-order valence-corrected chi connectivity index (χ4v) is 2.58. The predicted octanol–water partition coefficient (Wildman–Crippen LogP) is 3.43. The molecule has 1 N–H and O–H groups in total. The third kappa shape index (κ3) is 2.86. The molecule has 0 aliphatic heterocycles. The highest BCUT2D eigenvalue weighted by molar-refractivity contribution is 7.09. The van der Waals surface area contributed by atoms with Gasteiger partial charge in [-0.1, -0.05) is 50.8 Å². The van der Waals surface area contributed by atoms with Crippen LogP contribution in [0.2, 0.25) is 0 Å². The summed E-state index contributed by atoms with van der Waals surface area (Å²) in [7, 11) is 0. The van der Waals surface area contributed by atoms with E-state index in [1.54, 1.807) is 11.7 Å². The minimum atomic E-state index is -1.19. The molecule has 98 valence electrons. The molecule has 0 saturated heterocycles. The molecule has 1 heterocycles. The van der Waals surface area contributed by atoms with Crippen molar-refractivity contribution in [3.05, 3.63) is 52.5 Å². The third-order valence-corrected chi connectivity index (χ3v) is 3.92. The maximum absolute atomic E-state index is 11.0. The smallest absolute Gasteiger partial charge is 0.166 e. The Balaban J connectivity index is 2.45. The number of aromatic nitrogens is 1. The van der Waals surface area contributed by atoms with E-state index in [0.717, 1.165) is 10.4 Å². The molecule has 1 unspecified atom stereocenters. The molecule has 2 nitrogen and oxygen atoms in total. The summed E-state index contributed by atoms with van der Waals surface area (Å²) >= 11 is 1.43. The molecule has 1 aromatic carbocycles. The topological polar surface area (TPSA) is 33.1 Å². The first kappa shape index (κ1) is 13.8. The van der Waals surface area contributed by atoms with Crippen LogP contribution in [0.5, 0.6) is 0 Å². The first-order valence-electron chi connectivity index (χ1n) is 6.13. The Morgan fingerprint density at radius 2 is 1.84 bits per heavy atom. The molecular formula is C16H17NOS. The van der Waals surface area contributed by atoms with E-state index >= 15 is 0 Å². The van der Waals surface area contributed by atoms with Crippen LogP contribution >= 0.6 is 11.3 Å². The Hall–Kier alpha value is -1.63. The molecule has 2 aromatic rings. The van der Waals surface area contributed by atoms with E-state index < -0.39 is 5.60 Å². The van der Waals surface area contributed by atoms with Crippen LogP contribution in [0, 0.1) is 17.3 Å². The Bertz CT molecular complexity index is 587. The third-order valence-electron chi connectivity index (χ3n) is 3.04. The van der Waals surface area contributed by atoms with Gasteiger partial charge in [-0.25, -0.2) is 0 Å². The van der Waals surface area contributed by atoms with Crippen molar-refractivity contribution >= 4 is 11.3 Å². The predicted molar refractivity (Wildman–Crippen MR) is 78.8 cm³/mol. The monoisotopic (exact) mass is 271 g/mol. The van der Waals surface area contributed by atoms with Gasteiger partial charge >= 0.3 is 0 Å². The van der Waals surface area contributed by atoms with Crippen LogP contribution in [-0.2, 0) is 5.60 Å². The molecule has 0 aliphatic rings. The van der Waals surface area contributed by atoms with Crippen molar-refractivity contribution in [3.8, 4) is 11.8 Å². The van der Waals surface area contributed by atoms with E-state index in [1.165, 1.54) is 11.3 Å². The second-order valence-corrected chi connectivity index (χ2v) is 6.33. The van der Waals surface area contributed by atoms with Crippen molar-refractivity contribution in [2.24, 2.45) is 5.41 Å². The van der Waals surface area contributed by atoms with Crippen molar-refractivity contribution in [2.45, 2.75) is 26.4 Å². The molecule has 2 rings (SSSR count). The first-order valence-corrected chi connectivity index (χ1v) is 7.01. The minimum Gasteiger partial charge on any atom is -0.372 e. The van der Waals surface area contributed by atoms with E-state index in [1.807, 2.05) is 51.1 Å². The summed E-state index contributed by atoms with van der Waals surface area (Å²) in [5.41, 5.74) is 1.04. The van der Waals surface area contributed by atoms with Gasteiger partial charge in [0.2, 0.25) is 0 Å². The minimum absolute atomic E-state index is 0.388. The van der Waals surface area contributed by atoms with Crippen LogP contribution in [0.25, 0.3) is 0 Å². The van der Waals surface area contributed by atoms with Crippen molar-refractivity contribution in [2.75, 3.05) is 0 Å². The summed E-state index contributed by atoms with van der Waals surface area (Å²) < 4.78 is 0. The molecule has 0 saturated carbocycles. The molecular weight excluding hydrogens is 254 g/mol. The number of nitrogens with zero attached hydrogens (tertiary/aromatic N) is 1. The van der Waals surface area contributed by atoms with Crippen molar-refractivity contribution in [1.29, 1.82) is 0 Å². The molecule has 19 heavy (non-hydrogen) atoms. The Morgan fingerprint density at radius 1 is 1.16 bits per heavy atom. The van der Waals surface area contributed by atoms with Gasteiger partial charge in [-0.3, -0.25) is 4.98 Å². The maximum Gasteiger partial charge on any atom is 0.166 e. The van der Waals surface area contributed by atoms with E-state index in [9.17, 15) is 5.11 Å². The number of thiazole rings is 1. The molecule has 0 fully saturated rings. The van der Waals surface area contributed by atoms with Gasteiger partial charge < -0.3 is 5.11 Å². The molecule has 3 heteroatoms. The molecule has 0 spiro atoms. The van der Waals surface area contributed by atoms with Crippen molar-refractivity contribution in [1.82, 2.24) is 4.98 Å². The zero-order valence-corrected chi connectivity index (χ0v) is 12.2. The lowest BCUT2D eigenvalue weighted by Crippen LogP contribution is -2.38. The summed E-state index contributed by atoms with van der Waals surface area (Å²) in [5.74, 6) is 6.09. The summed E-state index contributed by atoms with van der Waals surface area (Å²) in [4.78, 5) is 4.83. The maximum atomic E-state index is 11.0. The van der Waals surface area contributed by atoms with Crippen molar-refractivity contribution in [3.63, 3.8) is 0 Å². The van der Waals surface area contributed by atoms with Crippen LogP contribution in [0.3, 0.4) is 0 Å². The highest BCUT2D eigenvalue weighted by atomic mass is 32.1. The highest BCUT2D eigenvalue weighted by Gasteiger charge is 2.41. The number of hydrogen-bond donors (Lipinski definition) is 1. The van der Waals surface area contributed by atoms with E-state index in [-0.39, 0.29) is 5.41 Å². The summed E-state index contributed by atoms with van der Waals surface area (Å²) in [5, 5.41) is 11.0. The van der Waals surface area contributed by atoms with Gasteiger partial charge in [-0.15, -0.1) is 11.3 Å². The van der Waals surface area contributed by atoms with Crippen LogP contribution < -0.4 is 0 Å². The molecule has 0 amide bonds. The second kappa shape index (κ2) is 5.16. The van der Waals surface area contributed by atoms with Crippen LogP contribution in [0.4, 0.5) is 0 Å². The lowest BCUT2D eigenvalue weighted by molar-refractivity contribution is -0.00595. The molecule has 0 radical (unpaired) electrons. The summed E-state index contributed by atoms with van der Waals surface area (Å²) in [6, 6.07) is 9.69. The van der Waals surface area contributed by atoms with E-state index in [0.29, 0.717) is 0 Å². The average Bonchev–Trinajstić information content (AvgIpc) is 2.90. The number of benzene rings is 1. The van der Waals surface area contributed by atoms with Crippen LogP contribution in [-0.4, -0.2) is 10.1 Å². The Morgan fingerprint density at radius 3 is 2.37 bits per heavy atom. The lowest BCUT2D eigenvalue weighted by Gasteiger charge is -2.34. The molecule has 0 bridgehead atoms. The van der Waals surface area contributed by atoms with Gasteiger partial charge in [0.1, 0.15) is 0 Å². The standard InChI is InChI=1S/C16H17NOS/c1-15(2,3)16(18,14-11-17-12-19-14)10-9-13-7-5-4-6-8-13/h4-8,11-12,18H,1-3H3. The zero-order chi connectivity index (χ0) is 13.9. The summed E-state index contributed by atoms with van der Waals surface area (Å²) in [6.07, 6.45) is 1.69. The van der Waals surface area contributed by atoms with E-state index in [2.05, 4.69) is 16.8 Å².